The molecule has 0 aromatic rings. The van der Waals surface area contributed by atoms with Crippen molar-refractivity contribution in [2.24, 2.45) is 0 Å². The first-order valence-corrected chi connectivity index (χ1v) is 12.5. The van der Waals surface area contributed by atoms with Crippen LogP contribution in [0.4, 0.5) is 0 Å². The quantitative estimate of drug-likeness (QED) is 0.190. The summed E-state index contributed by atoms with van der Waals surface area (Å²) >= 11 is 0. The van der Waals surface area contributed by atoms with Crippen LogP contribution in [0.3, 0.4) is 0 Å². The Bertz CT molecular complexity index is 401. The summed E-state index contributed by atoms with van der Waals surface area (Å²) in [6.45, 7) is 2.55. The fraction of sp³-hybridized carbons (Fsp3) is 0.920. The highest BCUT2D eigenvalue weighted by molar-refractivity contribution is 4.88. The van der Waals surface area contributed by atoms with Gasteiger partial charge in [0, 0.05) is 6.61 Å². The molecule has 0 amide bonds. The molecule has 1 aliphatic heterocycles. The van der Waals surface area contributed by atoms with Crippen molar-refractivity contribution in [2.45, 2.75) is 128 Å². The van der Waals surface area contributed by atoms with Gasteiger partial charge >= 0.3 is 0 Å². The number of allylic oxidation sites excluding steroid dienone is 2. The molecule has 1 heterocycles. The molecule has 4 atom stereocenters. The Kier molecular flexibility index (Phi) is 17.7. The van der Waals surface area contributed by atoms with Gasteiger partial charge in [-0.05, 0) is 26.2 Å². The van der Waals surface area contributed by atoms with Crippen LogP contribution in [0.1, 0.15) is 103 Å². The number of unbranched alkanes of at least 4 members (excludes halogenated alkanes) is 14. The van der Waals surface area contributed by atoms with Gasteiger partial charge in [-0.3, -0.25) is 0 Å². The van der Waals surface area contributed by atoms with Crippen molar-refractivity contribution < 1.29 is 24.8 Å². The maximum atomic E-state index is 9.84. The zero-order chi connectivity index (χ0) is 21.9. The minimum atomic E-state index is -0.977. The van der Waals surface area contributed by atoms with Gasteiger partial charge in [-0.2, -0.15) is 0 Å². The van der Waals surface area contributed by atoms with Crippen molar-refractivity contribution in [1.29, 1.82) is 0 Å². The third-order valence-corrected chi connectivity index (χ3v) is 6.07. The number of aliphatic hydroxyl groups is 3. The van der Waals surface area contributed by atoms with E-state index in [1.54, 1.807) is 0 Å². The topological polar surface area (TPSA) is 79.2 Å². The molecule has 5 heteroatoms. The molecule has 5 nitrogen and oxygen atoms in total. The zero-order valence-electron chi connectivity index (χ0n) is 19.4. The highest BCUT2D eigenvalue weighted by Crippen LogP contribution is 2.20. The molecule has 0 aromatic heterocycles. The summed E-state index contributed by atoms with van der Waals surface area (Å²) in [5, 5.41) is 28.8. The molecule has 0 bridgehead atoms. The van der Waals surface area contributed by atoms with E-state index < -0.39 is 24.4 Å². The molecule has 3 N–H and O–H groups in total. The van der Waals surface area contributed by atoms with E-state index in [0.29, 0.717) is 6.61 Å². The van der Waals surface area contributed by atoms with E-state index in [0.717, 1.165) is 12.8 Å². The Balaban J connectivity index is 1.80. The van der Waals surface area contributed by atoms with Gasteiger partial charge in [0.15, 0.2) is 0 Å². The van der Waals surface area contributed by atoms with Crippen LogP contribution in [0.15, 0.2) is 12.2 Å². The van der Waals surface area contributed by atoms with E-state index in [2.05, 4.69) is 19.1 Å². The molecular weight excluding hydrogens is 380 g/mol. The lowest BCUT2D eigenvalue weighted by Gasteiger charge is -2.24. The number of ether oxygens (including phenoxy) is 2. The molecule has 0 unspecified atom stereocenters. The third kappa shape index (κ3) is 13.1. The second kappa shape index (κ2) is 19.2. The normalized spacial score (nSPS) is 22.9. The fourth-order valence-electron chi connectivity index (χ4n) is 4.09. The molecule has 0 saturated carbocycles. The first kappa shape index (κ1) is 27.6. The largest absolute Gasteiger partial charge is 0.394 e. The summed E-state index contributed by atoms with van der Waals surface area (Å²) in [6.07, 6.45) is 21.0. The first-order valence-electron chi connectivity index (χ1n) is 12.5. The van der Waals surface area contributed by atoms with Crippen molar-refractivity contribution in [3.8, 4) is 0 Å². The first-order chi connectivity index (χ1) is 14.7. The monoisotopic (exact) mass is 428 g/mol. The second-order valence-corrected chi connectivity index (χ2v) is 8.76. The Labute approximate surface area is 184 Å². The van der Waals surface area contributed by atoms with Crippen LogP contribution in [0.25, 0.3) is 0 Å². The van der Waals surface area contributed by atoms with Crippen LogP contribution in [-0.2, 0) is 9.47 Å². The summed E-state index contributed by atoms with van der Waals surface area (Å²) in [5.74, 6) is 0. The van der Waals surface area contributed by atoms with Crippen molar-refractivity contribution in [3.05, 3.63) is 12.2 Å². The lowest BCUT2D eigenvalue weighted by atomic mass is 10.0. The maximum Gasteiger partial charge on any atom is 0.114 e. The van der Waals surface area contributed by atoms with Crippen molar-refractivity contribution >= 4 is 0 Å². The molecule has 1 saturated heterocycles. The zero-order valence-corrected chi connectivity index (χ0v) is 19.4. The van der Waals surface area contributed by atoms with Crippen molar-refractivity contribution in [1.82, 2.24) is 0 Å². The molecule has 1 rings (SSSR count). The predicted molar refractivity (Wildman–Crippen MR) is 123 cm³/mol. The van der Waals surface area contributed by atoms with Crippen LogP contribution >= 0.6 is 0 Å². The van der Waals surface area contributed by atoms with Crippen molar-refractivity contribution in [2.75, 3.05) is 19.8 Å². The minimum absolute atomic E-state index is 0.100. The standard InChI is InChI=1S/C25H48O5/c1-2-3-4-5-6-7-8-9-10-11-12-13-14-15-16-17-18-19-29-23(20-26)25-24(28)22(27)21-30-25/h2-3,22-28H,4-21H2,1H3/b3-2+/t22-,23+,24-,25-/m1/s1. The van der Waals surface area contributed by atoms with Crippen LogP contribution in [0.2, 0.25) is 0 Å². The molecule has 1 aliphatic rings. The van der Waals surface area contributed by atoms with Gasteiger partial charge in [0.1, 0.15) is 24.4 Å². The second-order valence-electron chi connectivity index (χ2n) is 8.76. The average Bonchev–Trinajstić information content (AvgIpc) is 3.08. The summed E-state index contributed by atoms with van der Waals surface area (Å²) < 4.78 is 11.0. The van der Waals surface area contributed by atoms with E-state index in [1.807, 2.05) is 0 Å². The molecule has 0 aliphatic carbocycles. The Morgan fingerprint density at radius 2 is 1.33 bits per heavy atom. The molecule has 0 spiro atoms. The lowest BCUT2D eigenvalue weighted by Crippen LogP contribution is -2.42. The number of aliphatic hydroxyl groups excluding tert-OH is 3. The number of hydrogen-bond acceptors (Lipinski definition) is 5. The van der Waals surface area contributed by atoms with Crippen molar-refractivity contribution in [3.63, 3.8) is 0 Å². The van der Waals surface area contributed by atoms with Crippen LogP contribution in [0, 0.1) is 0 Å². The Morgan fingerprint density at radius 3 is 1.77 bits per heavy atom. The van der Waals surface area contributed by atoms with Crippen LogP contribution in [-0.4, -0.2) is 59.6 Å². The highest BCUT2D eigenvalue weighted by Gasteiger charge is 2.40. The summed E-state index contributed by atoms with van der Waals surface area (Å²) in [7, 11) is 0. The van der Waals surface area contributed by atoms with Crippen LogP contribution in [0.5, 0.6) is 0 Å². The van der Waals surface area contributed by atoms with Crippen LogP contribution < -0.4 is 0 Å². The van der Waals surface area contributed by atoms with E-state index >= 15 is 0 Å². The van der Waals surface area contributed by atoms with E-state index in [9.17, 15) is 15.3 Å². The number of rotatable bonds is 20. The summed E-state index contributed by atoms with van der Waals surface area (Å²) in [4.78, 5) is 0. The summed E-state index contributed by atoms with van der Waals surface area (Å²) in [5.41, 5.74) is 0. The van der Waals surface area contributed by atoms with Gasteiger partial charge < -0.3 is 24.8 Å². The molecule has 0 radical (unpaired) electrons. The third-order valence-electron chi connectivity index (χ3n) is 6.07. The van der Waals surface area contributed by atoms with Gasteiger partial charge in [0.25, 0.3) is 0 Å². The van der Waals surface area contributed by atoms with Gasteiger partial charge in [-0.15, -0.1) is 0 Å². The van der Waals surface area contributed by atoms with E-state index in [4.69, 9.17) is 9.47 Å². The number of hydrogen-bond donors (Lipinski definition) is 3. The summed E-state index contributed by atoms with van der Waals surface area (Å²) in [6, 6.07) is 0. The molecule has 30 heavy (non-hydrogen) atoms. The van der Waals surface area contributed by atoms with Gasteiger partial charge in [0.2, 0.25) is 0 Å². The highest BCUT2D eigenvalue weighted by atomic mass is 16.6. The van der Waals surface area contributed by atoms with E-state index in [-0.39, 0.29) is 13.2 Å². The molecule has 0 aromatic carbocycles. The maximum absolute atomic E-state index is 9.84. The molecule has 1 fully saturated rings. The predicted octanol–water partition coefficient (Wildman–Crippen LogP) is 4.91. The Hall–Kier alpha value is -0.460. The smallest absolute Gasteiger partial charge is 0.114 e. The minimum Gasteiger partial charge on any atom is -0.394 e. The van der Waals surface area contributed by atoms with Gasteiger partial charge in [0.05, 0.1) is 13.2 Å². The Morgan fingerprint density at radius 1 is 0.833 bits per heavy atom. The fourth-order valence-corrected chi connectivity index (χ4v) is 4.09. The molecule has 178 valence electrons. The SMILES string of the molecule is C/C=C/CCCCCCCCCCCCCCCCO[C@@H](CO)[C@H]1OC[C@@H](O)[C@H]1O. The molecular formula is C25H48O5. The average molecular weight is 429 g/mol. The van der Waals surface area contributed by atoms with Gasteiger partial charge in [-0.1, -0.05) is 89.2 Å². The van der Waals surface area contributed by atoms with E-state index in [1.165, 1.54) is 83.5 Å². The lowest BCUT2D eigenvalue weighted by molar-refractivity contribution is -0.101. The van der Waals surface area contributed by atoms with Gasteiger partial charge in [-0.25, -0.2) is 0 Å².